The van der Waals surface area contributed by atoms with E-state index in [1.807, 2.05) is 54.6 Å². The van der Waals surface area contributed by atoms with Crippen molar-refractivity contribution in [1.82, 2.24) is 15.3 Å². The van der Waals surface area contributed by atoms with Crippen molar-refractivity contribution in [2.45, 2.75) is 37.2 Å². The molecule has 0 spiro atoms. The molecule has 0 aliphatic carbocycles. The molecular weight excluding hydrogens is 398 g/mol. The van der Waals surface area contributed by atoms with E-state index >= 15 is 0 Å². The first-order valence-corrected chi connectivity index (χ1v) is 10.6. The fraction of sp³-hybridized carbons (Fsp3) is 0.261. The average Bonchev–Trinajstić information content (AvgIpc) is 2.75. The molecule has 0 saturated heterocycles. The normalized spacial score (nSPS) is 11.7. The highest BCUT2D eigenvalue weighted by molar-refractivity contribution is 7.99. The minimum Gasteiger partial charge on any atom is -0.496 e. The fourth-order valence-electron chi connectivity index (χ4n) is 3.07. The topological polar surface area (TPSA) is 84.1 Å². The van der Waals surface area contributed by atoms with E-state index in [1.54, 1.807) is 14.0 Å². The molecule has 1 amide bonds. The monoisotopic (exact) mass is 423 g/mol. The van der Waals surface area contributed by atoms with E-state index in [2.05, 4.69) is 22.2 Å². The summed E-state index contributed by atoms with van der Waals surface area (Å²) >= 11 is 1.48. The zero-order valence-corrected chi connectivity index (χ0v) is 18.1. The van der Waals surface area contributed by atoms with Crippen LogP contribution in [0.2, 0.25) is 0 Å². The maximum Gasteiger partial charge on any atom is 0.255 e. The van der Waals surface area contributed by atoms with Crippen LogP contribution in [0.25, 0.3) is 0 Å². The lowest BCUT2D eigenvalue weighted by Gasteiger charge is -2.12. The summed E-state index contributed by atoms with van der Waals surface area (Å²) in [7, 11) is 1.59. The number of hydrogen-bond acceptors (Lipinski definition) is 5. The highest BCUT2D eigenvalue weighted by atomic mass is 32.2. The molecule has 0 bridgehead atoms. The summed E-state index contributed by atoms with van der Waals surface area (Å²) in [5.74, 6) is 0.469. The van der Waals surface area contributed by atoms with E-state index in [1.165, 1.54) is 11.8 Å². The lowest BCUT2D eigenvalue weighted by atomic mass is 10.1. The van der Waals surface area contributed by atoms with Crippen LogP contribution in [0, 0.1) is 6.92 Å². The summed E-state index contributed by atoms with van der Waals surface area (Å²) in [5, 5.41) is 3.53. The molecule has 1 unspecified atom stereocenters. The first-order chi connectivity index (χ1) is 14.5. The van der Waals surface area contributed by atoms with Gasteiger partial charge in [-0.3, -0.25) is 9.59 Å². The van der Waals surface area contributed by atoms with Crippen LogP contribution in [0.1, 0.15) is 34.6 Å². The third-order valence-electron chi connectivity index (χ3n) is 4.76. The number of carbonyl (C=O) groups excluding carboxylic acids is 1. The number of benzene rings is 2. The van der Waals surface area contributed by atoms with Gasteiger partial charge in [0.05, 0.1) is 13.5 Å². The van der Waals surface area contributed by atoms with Gasteiger partial charge < -0.3 is 15.0 Å². The first-order valence-electron chi connectivity index (χ1n) is 9.68. The van der Waals surface area contributed by atoms with Gasteiger partial charge in [-0.1, -0.05) is 60.3 Å². The standard InChI is InChI=1S/C23H25N3O3S/c1-15-19(13-21(27)24-14-18-11-7-8-12-20(18)29-3)22(28)26-23(25-15)30-16(2)17-9-5-4-6-10-17/h4-12,16H,13-14H2,1-3H3,(H,24,27)(H,25,26,28). The molecule has 156 valence electrons. The van der Waals surface area contributed by atoms with Crippen molar-refractivity contribution in [2.75, 3.05) is 7.11 Å². The van der Waals surface area contributed by atoms with Crippen molar-refractivity contribution < 1.29 is 9.53 Å². The lowest BCUT2D eigenvalue weighted by molar-refractivity contribution is -0.120. The zero-order chi connectivity index (χ0) is 21.5. The highest BCUT2D eigenvalue weighted by Crippen LogP contribution is 2.32. The van der Waals surface area contributed by atoms with Crippen LogP contribution in [0.5, 0.6) is 5.75 Å². The Bertz CT molecular complexity index is 1070. The van der Waals surface area contributed by atoms with Crippen molar-refractivity contribution in [3.05, 3.63) is 87.3 Å². The Balaban J connectivity index is 1.65. The number of para-hydroxylation sites is 1. The highest BCUT2D eigenvalue weighted by Gasteiger charge is 2.15. The number of amides is 1. The minimum absolute atomic E-state index is 0.0253. The molecule has 0 fully saturated rings. The van der Waals surface area contributed by atoms with Gasteiger partial charge in [-0.15, -0.1) is 0 Å². The Hall–Kier alpha value is -3.06. The molecule has 2 aromatic carbocycles. The first kappa shape index (κ1) is 21.6. The molecule has 3 rings (SSSR count). The fourth-order valence-corrected chi connectivity index (χ4v) is 4.04. The van der Waals surface area contributed by atoms with Gasteiger partial charge in [0.1, 0.15) is 5.75 Å². The number of thioether (sulfide) groups is 1. The van der Waals surface area contributed by atoms with Crippen LogP contribution in [-0.4, -0.2) is 23.0 Å². The molecule has 6 nitrogen and oxygen atoms in total. The second kappa shape index (κ2) is 10.1. The van der Waals surface area contributed by atoms with E-state index in [9.17, 15) is 9.59 Å². The molecule has 0 aliphatic heterocycles. The maximum absolute atomic E-state index is 12.6. The molecule has 30 heavy (non-hydrogen) atoms. The van der Waals surface area contributed by atoms with Crippen LogP contribution in [0.4, 0.5) is 0 Å². The quantitative estimate of drug-likeness (QED) is 0.425. The Kier molecular flexibility index (Phi) is 7.30. The second-order valence-corrected chi connectivity index (χ2v) is 8.20. The lowest BCUT2D eigenvalue weighted by Crippen LogP contribution is -2.29. The van der Waals surface area contributed by atoms with Crippen molar-refractivity contribution >= 4 is 17.7 Å². The van der Waals surface area contributed by atoms with Crippen LogP contribution in [0.3, 0.4) is 0 Å². The van der Waals surface area contributed by atoms with E-state index in [0.29, 0.717) is 28.7 Å². The number of ether oxygens (including phenoxy) is 1. The van der Waals surface area contributed by atoms with E-state index in [0.717, 1.165) is 11.1 Å². The second-order valence-electron chi connectivity index (χ2n) is 6.87. The summed E-state index contributed by atoms with van der Waals surface area (Å²) < 4.78 is 5.29. The van der Waals surface area contributed by atoms with E-state index in [-0.39, 0.29) is 23.1 Å². The number of nitrogens with zero attached hydrogens (tertiary/aromatic N) is 1. The van der Waals surface area contributed by atoms with Gasteiger partial charge in [0.2, 0.25) is 5.91 Å². The SMILES string of the molecule is COc1ccccc1CNC(=O)Cc1c(C)nc(SC(C)c2ccccc2)[nH]c1=O. The number of carbonyl (C=O) groups is 1. The van der Waals surface area contributed by atoms with Crippen molar-refractivity contribution in [1.29, 1.82) is 0 Å². The zero-order valence-electron chi connectivity index (χ0n) is 17.3. The number of rotatable bonds is 8. The third-order valence-corrected chi connectivity index (χ3v) is 5.81. The molecule has 3 aromatic rings. The van der Waals surface area contributed by atoms with Crippen LogP contribution in [0.15, 0.2) is 64.5 Å². The van der Waals surface area contributed by atoms with Crippen LogP contribution < -0.4 is 15.6 Å². The number of aromatic amines is 1. The Morgan fingerprint density at radius 1 is 1.17 bits per heavy atom. The predicted octanol–water partition coefficient (Wildman–Crippen LogP) is 3.80. The molecule has 2 N–H and O–H groups in total. The summed E-state index contributed by atoms with van der Waals surface area (Å²) in [4.78, 5) is 32.3. The average molecular weight is 424 g/mol. The third kappa shape index (κ3) is 5.51. The van der Waals surface area contributed by atoms with Crippen LogP contribution in [-0.2, 0) is 17.8 Å². The number of H-pyrrole nitrogens is 1. The van der Waals surface area contributed by atoms with Crippen molar-refractivity contribution in [3.63, 3.8) is 0 Å². The maximum atomic E-state index is 12.6. The molecule has 0 radical (unpaired) electrons. The summed E-state index contributed by atoms with van der Waals surface area (Å²) in [6.45, 7) is 4.15. The molecule has 1 aromatic heterocycles. The van der Waals surface area contributed by atoms with Gasteiger partial charge in [0, 0.05) is 28.6 Å². The van der Waals surface area contributed by atoms with Gasteiger partial charge >= 0.3 is 0 Å². The summed E-state index contributed by atoms with van der Waals surface area (Å²) in [5.41, 5.74) is 2.69. The van der Waals surface area contributed by atoms with Gasteiger partial charge in [0.25, 0.3) is 5.56 Å². The van der Waals surface area contributed by atoms with Crippen molar-refractivity contribution in [2.24, 2.45) is 0 Å². The number of aryl methyl sites for hydroxylation is 1. The number of aromatic nitrogens is 2. The summed E-state index contributed by atoms with van der Waals surface area (Å²) in [6.07, 6.45) is -0.0253. The molecule has 7 heteroatoms. The number of nitrogens with one attached hydrogen (secondary N) is 2. The van der Waals surface area contributed by atoms with Gasteiger partial charge in [-0.05, 0) is 25.5 Å². The molecular formula is C23H25N3O3S. The Morgan fingerprint density at radius 2 is 1.87 bits per heavy atom. The molecule has 0 saturated carbocycles. The van der Waals surface area contributed by atoms with Gasteiger partial charge in [-0.25, -0.2) is 4.98 Å². The number of hydrogen-bond donors (Lipinski definition) is 2. The largest absolute Gasteiger partial charge is 0.496 e. The molecule has 0 aliphatic rings. The van der Waals surface area contributed by atoms with Crippen LogP contribution >= 0.6 is 11.8 Å². The molecule has 1 atom stereocenters. The Labute approximate surface area is 180 Å². The van der Waals surface area contributed by atoms with Gasteiger partial charge in [-0.2, -0.15) is 0 Å². The minimum atomic E-state index is -0.280. The van der Waals surface area contributed by atoms with E-state index < -0.39 is 0 Å². The number of methoxy groups -OCH3 is 1. The predicted molar refractivity (Wildman–Crippen MR) is 119 cm³/mol. The molecule has 1 heterocycles. The van der Waals surface area contributed by atoms with Gasteiger partial charge in [0.15, 0.2) is 5.16 Å². The smallest absolute Gasteiger partial charge is 0.255 e. The summed E-state index contributed by atoms with van der Waals surface area (Å²) in [6, 6.07) is 17.5. The van der Waals surface area contributed by atoms with E-state index in [4.69, 9.17) is 4.74 Å². The Morgan fingerprint density at radius 3 is 2.57 bits per heavy atom. The van der Waals surface area contributed by atoms with Crippen molar-refractivity contribution in [3.8, 4) is 5.75 Å².